The highest BCUT2D eigenvalue weighted by Crippen LogP contribution is 2.15. The first-order valence-corrected chi connectivity index (χ1v) is 6.67. The minimum Gasteiger partial charge on any atom is -0.497 e. The van der Waals surface area contributed by atoms with Gasteiger partial charge in [0.2, 0.25) is 0 Å². The van der Waals surface area contributed by atoms with E-state index < -0.39 is 0 Å². The van der Waals surface area contributed by atoms with Crippen LogP contribution in [0.15, 0.2) is 30.3 Å². The van der Waals surface area contributed by atoms with Gasteiger partial charge in [0.15, 0.2) is 0 Å². The van der Waals surface area contributed by atoms with Crippen LogP contribution in [-0.2, 0) is 13.0 Å². The number of ether oxygens (including phenoxy) is 1. The van der Waals surface area contributed by atoms with E-state index in [9.17, 15) is 0 Å². The highest BCUT2D eigenvalue weighted by Gasteiger charge is 2.03. The van der Waals surface area contributed by atoms with Crippen molar-refractivity contribution in [3.8, 4) is 5.75 Å². The molecule has 1 heterocycles. The van der Waals surface area contributed by atoms with E-state index >= 15 is 0 Å². The quantitative estimate of drug-likeness (QED) is 0.846. The molecule has 0 saturated heterocycles. The largest absolute Gasteiger partial charge is 0.497 e. The zero-order chi connectivity index (χ0) is 14.4. The van der Waals surface area contributed by atoms with Crippen LogP contribution >= 0.6 is 0 Å². The third-order valence-electron chi connectivity index (χ3n) is 2.95. The second kappa shape index (κ2) is 6.75. The van der Waals surface area contributed by atoms with Gasteiger partial charge in [-0.3, -0.25) is 0 Å². The summed E-state index contributed by atoms with van der Waals surface area (Å²) in [5.74, 6) is 3.33. The average Bonchev–Trinajstić information content (AvgIpc) is 2.52. The predicted molar refractivity (Wildman–Crippen MR) is 81.3 cm³/mol. The Bertz CT molecular complexity index is 549. The lowest BCUT2D eigenvalue weighted by Crippen LogP contribution is -2.06. The lowest BCUT2D eigenvalue weighted by Gasteiger charge is -2.10. The van der Waals surface area contributed by atoms with Crippen molar-refractivity contribution in [2.45, 2.75) is 19.9 Å². The SMILES string of the molecule is CCc1nc(NC)cc(NCc2cccc(OC)c2)n1. The van der Waals surface area contributed by atoms with Crippen LogP contribution < -0.4 is 15.4 Å². The molecule has 2 aromatic rings. The molecule has 1 aromatic heterocycles. The van der Waals surface area contributed by atoms with Gasteiger partial charge in [-0.15, -0.1) is 0 Å². The summed E-state index contributed by atoms with van der Waals surface area (Å²) in [7, 11) is 3.53. The van der Waals surface area contributed by atoms with Crippen molar-refractivity contribution < 1.29 is 4.74 Å². The zero-order valence-corrected chi connectivity index (χ0v) is 12.1. The second-order valence-corrected chi connectivity index (χ2v) is 4.36. The molecule has 106 valence electrons. The Balaban J connectivity index is 2.09. The molecular weight excluding hydrogens is 252 g/mol. The maximum absolute atomic E-state index is 5.22. The summed E-state index contributed by atoms with van der Waals surface area (Å²) in [6, 6.07) is 9.87. The molecular formula is C15H20N4O. The smallest absolute Gasteiger partial charge is 0.132 e. The van der Waals surface area contributed by atoms with Crippen molar-refractivity contribution in [3.05, 3.63) is 41.7 Å². The van der Waals surface area contributed by atoms with Crippen LogP contribution in [0.1, 0.15) is 18.3 Å². The van der Waals surface area contributed by atoms with Gasteiger partial charge in [0.25, 0.3) is 0 Å². The van der Waals surface area contributed by atoms with E-state index in [1.807, 2.05) is 38.2 Å². The number of rotatable bonds is 6. The molecule has 0 atom stereocenters. The minimum absolute atomic E-state index is 0.695. The Morgan fingerprint density at radius 3 is 2.65 bits per heavy atom. The van der Waals surface area contributed by atoms with Crippen LogP contribution in [0.3, 0.4) is 0 Å². The fraction of sp³-hybridized carbons (Fsp3) is 0.333. The molecule has 0 amide bonds. The fourth-order valence-electron chi connectivity index (χ4n) is 1.85. The van der Waals surface area contributed by atoms with Gasteiger partial charge in [0.1, 0.15) is 23.2 Å². The van der Waals surface area contributed by atoms with E-state index in [4.69, 9.17) is 4.74 Å². The fourth-order valence-corrected chi connectivity index (χ4v) is 1.85. The average molecular weight is 272 g/mol. The number of hydrogen-bond donors (Lipinski definition) is 2. The Labute approximate surface area is 119 Å². The highest BCUT2D eigenvalue weighted by molar-refractivity contribution is 5.47. The maximum atomic E-state index is 5.22. The molecule has 0 aliphatic carbocycles. The molecule has 2 N–H and O–H groups in total. The van der Waals surface area contributed by atoms with E-state index in [1.165, 1.54) is 0 Å². The molecule has 20 heavy (non-hydrogen) atoms. The van der Waals surface area contributed by atoms with E-state index in [2.05, 4.69) is 26.7 Å². The minimum atomic E-state index is 0.695. The lowest BCUT2D eigenvalue weighted by atomic mass is 10.2. The number of anilines is 2. The van der Waals surface area contributed by atoms with Gasteiger partial charge < -0.3 is 15.4 Å². The van der Waals surface area contributed by atoms with E-state index in [-0.39, 0.29) is 0 Å². The summed E-state index contributed by atoms with van der Waals surface area (Å²) in [6.07, 6.45) is 0.809. The Morgan fingerprint density at radius 2 is 1.95 bits per heavy atom. The van der Waals surface area contributed by atoms with Crippen LogP contribution in [0.2, 0.25) is 0 Å². The predicted octanol–water partition coefficient (Wildman–Crippen LogP) is 2.70. The Hall–Kier alpha value is -2.30. The van der Waals surface area contributed by atoms with E-state index in [0.717, 1.165) is 35.2 Å². The van der Waals surface area contributed by atoms with Crippen molar-refractivity contribution in [1.29, 1.82) is 0 Å². The number of nitrogens with one attached hydrogen (secondary N) is 2. The summed E-state index contributed by atoms with van der Waals surface area (Å²) >= 11 is 0. The van der Waals surface area contributed by atoms with Crippen molar-refractivity contribution in [2.24, 2.45) is 0 Å². The molecule has 0 fully saturated rings. The highest BCUT2D eigenvalue weighted by atomic mass is 16.5. The molecule has 1 aromatic carbocycles. The van der Waals surface area contributed by atoms with Crippen LogP contribution in [0.4, 0.5) is 11.6 Å². The third kappa shape index (κ3) is 3.60. The summed E-state index contributed by atoms with van der Waals surface area (Å²) in [5.41, 5.74) is 1.15. The van der Waals surface area contributed by atoms with Gasteiger partial charge >= 0.3 is 0 Å². The molecule has 0 radical (unpaired) electrons. The molecule has 5 heteroatoms. The van der Waals surface area contributed by atoms with E-state index in [1.54, 1.807) is 7.11 Å². The van der Waals surface area contributed by atoms with Crippen LogP contribution in [0.5, 0.6) is 5.75 Å². The Kier molecular flexibility index (Phi) is 4.76. The van der Waals surface area contributed by atoms with Gasteiger partial charge in [0, 0.05) is 26.1 Å². The maximum Gasteiger partial charge on any atom is 0.132 e. The second-order valence-electron chi connectivity index (χ2n) is 4.36. The molecule has 2 rings (SSSR count). The lowest BCUT2D eigenvalue weighted by molar-refractivity contribution is 0.414. The van der Waals surface area contributed by atoms with Crippen LogP contribution in [-0.4, -0.2) is 24.1 Å². The molecule has 0 aliphatic heterocycles. The molecule has 0 unspecified atom stereocenters. The first-order chi connectivity index (χ1) is 9.75. The molecule has 0 aliphatic rings. The normalized spacial score (nSPS) is 10.2. The first-order valence-electron chi connectivity index (χ1n) is 6.67. The summed E-state index contributed by atoms with van der Waals surface area (Å²) in [6.45, 7) is 2.74. The summed E-state index contributed by atoms with van der Waals surface area (Å²) in [5, 5.41) is 6.36. The van der Waals surface area contributed by atoms with Gasteiger partial charge in [0.05, 0.1) is 7.11 Å². The van der Waals surface area contributed by atoms with Gasteiger partial charge in [-0.05, 0) is 17.7 Å². The Morgan fingerprint density at radius 1 is 1.15 bits per heavy atom. The zero-order valence-electron chi connectivity index (χ0n) is 12.1. The van der Waals surface area contributed by atoms with Gasteiger partial charge in [-0.1, -0.05) is 19.1 Å². The third-order valence-corrected chi connectivity index (χ3v) is 2.95. The van der Waals surface area contributed by atoms with Gasteiger partial charge in [-0.2, -0.15) is 0 Å². The standard InChI is InChI=1S/C15H20N4O/c1-4-13-18-14(16-2)9-15(19-13)17-10-11-6-5-7-12(8-11)20-3/h5-9H,4,10H2,1-3H3,(H2,16,17,18,19). The molecule has 0 spiro atoms. The monoisotopic (exact) mass is 272 g/mol. The number of nitrogens with zero attached hydrogens (tertiary/aromatic N) is 2. The molecule has 0 saturated carbocycles. The number of methoxy groups -OCH3 is 1. The summed E-state index contributed by atoms with van der Waals surface area (Å²) in [4.78, 5) is 8.83. The molecule has 0 bridgehead atoms. The van der Waals surface area contributed by atoms with Crippen LogP contribution in [0.25, 0.3) is 0 Å². The summed E-state index contributed by atoms with van der Waals surface area (Å²) < 4.78 is 5.22. The number of aryl methyl sites for hydroxylation is 1. The van der Waals surface area contributed by atoms with Gasteiger partial charge in [-0.25, -0.2) is 9.97 Å². The molecule has 5 nitrogen and oxygen atoms in total. The number of aromatic nitrogens is 2. The topological polar surface area (TPSA) is 59.1 Å². The van der Waals surface area contributed by atoms with Crippen molar-refractivity contribution in [2.75, 3.05) is 24.8 Å². The van der Waals surface area contributed by atoms with Crippen molar-refractivity contribution in [1.82, 2.24) is 9.97 Å². The number of benzene rings is 1. The van der Waals surface area contributed by atoms with Crippen molar-refractivity contribution >= 4 is 11.6 Å². The van der Waals surface area contributed by atoms with Crippen LogP contribution in [0, 0.1) is 0 Å². The number of hydrogen-bond acceptors (Lipinski definition) is 5. The van der Waals surface area contributed by atoms with Crippen molar-refractivity contribution in [3.63, 3.8) is 0 Å². The first kappa shape index (κ1) is 14.1. The van der Waals surface area contributed by atoms with E-state index in [0.29, 0.717) is 6.54 Å².